The SMILES string of the molecule is CCCCCCCN(C(=O)C(CC(C)C)NC(=O)OC(C)(C)C)C(C(=O)NCCCC)c1ccc(C)cc1C. The van der Waals surface area contributed by atoms with Crippen LogP contribution in [0.5, 0.6) is 0 Å². The van der Waals surface area contributed by atoms with E-state index in [1.807, 2.05) is 39.8 Å². The van der Waals surface area contributed by atoms with Crippen LogP contribution >= 0.6 is 0 Å². The lowest BCUT2D eigenvalue weighted by molar-refractivity contribution is -0.143. The molecule has 0 saturated carbocycles. The Kier molecular flexibility index (Phi) is 15.2. The van der Waals surface area contributed by atoms with Crippen LogP contribution in [-0.4, -0.2) is 47.5 Å². The summed E-state index contributed by atoms with van der Waals surface area (Å²) in [5.74, 6) is -0.281. The van der Waals surface area contributed by atoms with Crippen LogP contribution in [0.4, 0.5) is 4.79 Å². The minimum Gasteiger partial charge on any atom is -0.444 e. The van der Waals surface area contributed by atoms with Crippen molar-refractivity contribution >= 4 is 17.9 Å². The van der Waals surface area contributed by atoms with Crippen molar-refractivity contribution in [3.05, 3.63) is 34.9 Å². The summed E-state index contributed by atoms with van der Waals surface area (Å²) in [5.41, 5.74) is 2.20. The Balaban J connectivity index is 3.50. The molecule has 2 unspecified atom stereocenters. The second-order valence-corrected chi connectivity index (χ2v) is 12.2. The average Bonchev–Trinajstić information content (AvgIpc) is 2.82. The van der Waals surface area contributed by atoms with Crippen LogP contribution in [0, 0.1) is 19.8 Å². The minimum absolute atomic E-state index is 0.151. The highest BCUT2D eigenvalue weighted by Crippen LogP contribution is 2.28. The van der Waals surface area contributed by atoms with E-state index in [9.17, 15) is 14.4 Å². The summed E-state index contributed by atoms with van der Waals surface area (Å²) < 4.78 is 5.50. The number of ether oxygens (including phenoxy) is 1. The molecule has 0 fully saturated rings. The van der Waals surface area contributed by atoms with Gasteiger partial charge in [0.25, 0.3) is 0 Å². The van der Waals surface area contributed by atoms with Gasteiger partial charge in [0.05, 0.1) is 0 Å². The number of carbonyl (C=O) groups excluding carboxylic acids is 3. The molecule has 3 amide bonds. The van der Waals surface area contributed by atoms with Gasteiger partial charge < -0.3 is 20.3 Å². The lowest BCUT2D eigenvalue weighted by Crippen LogP contribution is -2.53. The smallest absolute Gasteiger partial charge is 0.408 e. The first-order valence-electron chi connectivity index (χ1n) is 15.0. The second-order valence-electron chi connectivity index (χ2n) is 12.2. The highest BCUT2D eigenvalue weighted by Gasteiger charge is 2.36. The molecule has 1 aromatic carbocycles. The molecule has 0 radical (unpaired) electrons. The fourth-order valence-corrected chi connectivity index (χ4v) is 4.66. The summed E-state index contributed by atoms with van der Waals surface area (Å²) in [5, 5.41) is 5.91. The number of aryl methyl sites for hydroxylation is 2. The fourth-order valence-electron chi connectivity index (χ4n) is 4.66. The first-order valence-corrected chi connectivity index (χ1v) is 15.0. The largest absolute Gasteiger partial charge is 0.444 e. The molecular formula is C32H55N3O4. The van der Waals surface area contributed by atoms with E-state index < -0.39 is 23.8 Å². The monoisotopic (exact) mass is 545 g/mol. The van der Waals surface area contributed by atoms with E-state index in [0.29, 0.717) is 19.5 Å². The topological polar surface area (TPSA) is 87.7 Å². The van der Waals surface area contributed by atoms with Gasteiger partial charge in [0.15, 0.2) is 0 Å². The van der Waals surface area contributed by atoms with Crippen molar-refractivity contribution in [3.63, 3.8) is 0 Å². The molecule has 0 spiro atoms. The van der Waals surface area contributed by atoms with Crippen molar-refractivity contribution in [1.82, 2.24) is 15.5 Å². The number of benzene rings is 1. The number of unbranched alkanes of at least 4 members (excludes halogenated alkanes) is 5. The Morgan fingerprint density at radius 3 is 2.15 bits per heavy atom. The van der Waals surface area contributed by atoms with Crippen LogP contribution in [0.25, 0.3) is 0 Å². The molecule has 1 aromatic rings. The van der Waals surface area contributed by atoms with Crippen molar-refractivity contribution in [2.45, 2.75) is 131 Å². The summed E-state index contributed by atoms with van der Waals surface area (Å²) in [6, 6.07) is 4.42. The predicted molar refractivity (Wildman–Crippen MR) is 160 cm³/mol. The van der Waals surface area contributed by atoms with Crippen LogP contribution in [0.15, 0.2) is 18.2 Å². The van der Waals surface area contributed by atoms with Crippen molar-refractivity contribution in [3.8, 4) is 0 Å². The van der Waals surface area contributed by atoms with Gasteiger partial charge in [-0.15, -0.1) is 0 Å². The van der Waals surface area contributed by atoms with Crippen LogP contribution in [0.2, 0.25) is 0 Å². The van der Waals surface area contributed by atoms with Gasteiger partial charge >= 0.3 is 6.09 Å². The molecule has 0 aliphatic heterocycles. The zero-order chi connectivity index (χ0) is 29.6. The number of alkyl carbamates (subject to hydrolysis) is 1. The molecule has 0 aliphatic carbocycles. The zero-order valence-corrected chi connectivity index (χ0v) is 26.1. The van der Waals surface area contributed by atoms with E-state index in [0.717, 1.165) is 61.6 Å². The third-order valence-electron chi connectivity index (χ3n) is 6.59. The van der Waals surface area contributed by atoms with Crippen molar-refractivity contribution in [1.29, 1.82) is 0 Å². The van der Waals surface area contributed by atoms with Gasteiger partial charge in [-0.2, -0.15) is 0 Å². The normalized spacial score (nSPS) is 13.1. The van der Waals surface area contributed by atoms with Gasteiger partial charge in [0.2, 0.25) is 11.8 Å². The Bertz CT molecular complexity index is 907. The number of nitrogens with one attached hydrogen (secondary N) is 2. The Labute approximate surface area is 237 Å². The van der Waals surface area contributed by atoms with Crippen molar-refractivity contribution in [2.75, 3.05) is 13.1 Å². The summed E-state index contributed by atoms with van der Waals surface area (Å²) in [4.78, 5) is 42.5. The first-order chi connectivity index (χ1) is 18.3. The van der Waals surface area contributed by atoms with Gasteiger partial charge in [0, 0.05) is 13.1 Å². The molecule has 1 rings (SSSR count). The highest BCUT2D eigenvalue weighted by molar-refractivity contribution is 5.92. The van der Waals surface area contributed by atoms with Crippen LogP contribution in [-0.2, 0) is 14.3 Å². The third-order valence-corrected chi connectivity index (χ3v) is 6.59. The van der Waals surface area contributed by atoms with Gasteiger partial charge in [-0.05, 0) is 70.9 Å². The molecular weight excluding hydrogens is 490 g/mol. The van der Waals surface area contributed by atoms with Crippen molar-refractivity contribution < 1.29 is 19.1 Å². The maximum Gasteiger partial charge on any atom is 0.408 e. The lowest BCUT2D eigenvalue weighted by Gasteiger charge is -2.35. The van der Waals surface area contributed by atoms with Gasteiger partial charge in [0.1, 0.15) is 17.7 Å². The molecule has 2 N–H and O–H groups in total. The summed E-state index contributed by atoms with van der Waals surface area (Å²) in [6.45, 7) is 18.7. The highest BCUT2D eigenvalue weighted by atomic mass is 16.6. The molecule has 0 bridgehead atoms. The predicted octanol–water partition coefficient (Wildman–Crippen LogP) is 7.00. The van der Waals surface area contributed by atoms with E-state index in [2.05, 4.69) is 30.5 Å². The molecule has 222 valence electrons. The van der Waals surface area contributed by atoms with E-state index >= 15 is 0 Å². The van der Waals surface area contributed by atoms with Crippen LogP contribution in [0.1, 0.15) is 123 Å². The Morgan fingerprint density at radius 1 is 0.949 bits per heavy atom. The number of nitrogens with zero attached hydrogens (tertiary/aromatic N) is 1. The fraction of sp³-hybridized carbons (Fsp3) is 0.719. The number of hydrogen-bond acceptors (Lipinski definition) is 4. The van der Waals surface area contributed by atoms with E-state index in [-0.39, 0.29) is 17.7 Å². The van der Waals surface area contributed by atoms with Crippen LogP contribution in [0.3, 0.4) is 0 Å². The lowest BCUT2D eigenvalue weighted by atomic mass is 9.95. The zero-order valence-electron chi connectivity index (χ0n) is 26.1. The quantitative estimate of drug-likeness (QED) is 0.219. The Morgan fingerprint density at radius 2 is 1.59 bits per heavy atom. The molecule has 2 atom stereocenters. The summed E-state index contributed by atoms with van der Waals surface area (Å²) in [6.07, 6.45) is 6.77. The maximum absolute atomic E-state index is 14.3. The van der Waals surface area contributed by atoms with Gasteiger partial charge in [-0.25, -0.2) is 4.79 Å². The molecule has 0 aliphatic rings. The van der Waals surface area contributed by atoms with E-state index in [1.54, 1.807) is 25.7 Å². The van der Waals surface area contributed by atoms with Gasteiger partial charge in [-0.1, -0.05) is 83.6 Å². The Hall–Kier alpha value is -2.57. The summed E-state index contributed by atoms with van der Waals surface area (Å²) >= 11 is 0. The number of carbonyl (C=O) groups is 3. The van der Waals surface area contributed by atoms with Crippen LogP contribution < -0.4 is 10.6 Å². The molecule has 0 saturated heterocycles. The maximum atomic E-state index is 14.3. The average molecular weight is 546 g/mol. The molecule has 7 heteroatoms. The minimum atomic E-state index is -0.799. The molecule has 0 heterocycles. The summed E-state index contributed by atoms with van der Waals surface area (Å²) in [7, 11) is 0. The van der Waals surface area contributed by atoms with Gasteiger partial charge in [-0.3, -0.25) is 9.59 Å². The molecule has 39 heavy (non-hydrogen) atoms. The third kappa shape index (κ3) is 12.9. The first kappa shape index (κ1) is 34.5. The second kappa shape index (κ2) is 17.2. The number of rotatable bonds is 16. The molecule has 7 nitrogen and oxygen atoms in total. The number of hydrogen-bond donors (Lipinski definition) is 2. The van der Waals surface area contributed by atoms with E-state index in [1.165, 1.54) is 0 Å². The molecule has 0 aromatic heterocycles. The standard InChI is InChI=1S/C32H55N3O4/c1-10-12-14-15-16-20-35(30(37)27(21-23(3)4)34-31(38)39-32(7,8)9)28(29(36)33-19-13-11-2)26-18-17-24(5)22-25(26)6/h17-18,22-23,27-28H,10-16,19-21H2,1-9H3,(H,33,36)(H,34,38). The van der Waals surface area contributed by atoms with Crippen molar-refractivity contribution in [2.24, 2.45) is 5.92 Å². The number of amides is 3. The van der Waals surface area contributed by atoms with E-state index in [4.69, 9.17) is 4.74 Å².